The average molecular weight is 310 g/mol. The van der Waals surface area contributed by atoms with Gasteiger partial charge in [0.15, 0.2) is 9.84 Å². The lowest BCUT2D eigenvalue weighted by molar-refractivity contribution is 0.533. The fourth-order valence-electron chi connectivity index (χ4n) is 1.68. The quantitative estimate of drug-likeness (QED) is 0.878. The molecule has 1 unspecified atom stereocenters. The Morgan fingerprint density at radius 2 is 1.94 bits per heavy atom. The second kappa shape index (κ2) is 6.75. The van der Waals surface area contributed by atoms with Gasteiger partial charge in [-0.3, -0.25) is 0 Å². The number of nitrogens with one attached hydrogen (secondary N) is 1. The van der Waals surface area contributed by atoms with Crippen LogP contribution in [0.2, 0.25) is 10.0 Å². The van der Waals surface area contributed by atoms with Crippen LogP contribution in [0, 0.1) is 0 Å². The molecule has 102 valence electrons. The van der Waals surface area contributed by atoms with Gasteiger partial charge in [0.2, 0.25) is 0 Å². The monoisotopic (exact) mass is 309 g/mol. The Labute approximate surface area is 118 Å². The summed E-state index contributed by atoms with van der Waals surface area (Å²) in [6, 6.07) is 4.41. The van der Waals surface area contributed by atoms with Crippen LogP contribution in [0.4, 0.5) is 0 Å². The Kier molecular flexibility index (Phi) is 5.92. The lowest BCUT2D eigenvalue weighted by Crippen LogP contribution is -2.35. The number of halogens is 2. The Balaban J connectivity index is 3.02. The van der Waals surface area contributed by atoms with E-state index in [1.54, 1.807) is 6.07 Å². The van der Waals surface area contributed by atoms with E-state index >= 15 is 0 Å². The third-order valence-corrected chi connectivity index (χ3v) is 5.16. The van der Waals surface area contributed by atoms with Gasteiger partial charge in [-0.2, -0.15) is 0 Å². The molecule has 1 atom stereocenters. The van der Waals surface area contributed by atoms with Crippen molar-refractivity contribution >= 4 is 33.0 Å². The van der Waals surface area contributed by atoms with Crippen molar-refractivity contribution < 1.29 is 8.42 Å². The molecule has 3 nitrogen and oxygen atoms in total. The molecule has 0 aliphatic rings. The zero-order chi connectivity index (χ0) is 13.8. The second-order valence-corrected chi connectivity index (χ2v) is 6.87. The zero-order valence-electron chi connectivity index (χ0n) is 10.4. The third kappa shape index (κ3) is 4.12. The fraction of sp³-hybridized carbons (Fsp3) is 0.500. The number of sulfone groups is 1. The van der Waals surface area contributed by atoms with Crippen molar-refractivity contribution in [3.05, 3.63) is 28.2 Å². The van der Waals surface area contributed by atoms with Crippen LogP contribution in [0.1, 0.15) is 20.3 Å². The highest BCUT2D eigenvalue weighted by Gasteiger charge is 2.22. The van der Waals surface area contributed by atoms with Crippen LogP contribution >= 0.6 is 23.2 Å². The van der Waals surface area contributed by atoms with E-state index < -0.39 is 9.84 Å². The molecule has 0 saturated carbocycles. The van der Waals surface area contributed by atoms with Gasteiger partial charge in [-0.05, 0) is 31.2 Å². The normalized spacial score (nSPS) is 13.6. The van der Waals surface area contributed by atoms with Gasteiger partial charge in [-0.15, -0.1) is 0 Å². The first-order valence-electron chi connectivity index (χ1n) is 5.82. The molecule has 0 fully saturated rings. The molecule has 0 spiro atoms. The topological polar surface area (TPSA) is 46.2 Å². The molecule has 6 heteroatoms. The van der Waals surface area contributed by atoms with Crippen LogP contribution < -0.4 is 5.32 Å². The summed E-state index contributed by atoms with van der Waals surface area (Å²) in [4.78, 5) is 0.105. The van der Waals surface area contributed by atoms with Gasteiger partial charge in [0.05, 0.1) is 15.7 Å². The van der Waals surface area contributed by atoms with Crippen molar-refractivity contribution in [2.45, 2.75) is 31.2 Å². The molecular weight excluding hydrogens is 293 g/mol. The van der Waals surface area contributed by atoms with E-state index in [0.717, 1.165) is 13.0 Å². The molecule has 0 aliphatic carbocycles. The molecule has 0 saturated heterocycles. The maximum Gasteiger partial charge on any atom is 0.181 e. The molecule has 0 aliphatic heterocycles. The van der Waals surface area contributed by atoms with Crippen molar-refractivity contribution in [2.75, 3.05) is 12.3 Å². The summed E-state index contributed by atoms with van der Waals surface area (Å²) < 4.78 is 24.5. The van der Waals surface area contributed by atoms with Crippen molar-refractivity contribution in [1.82, 2.24) is 5.32 Å². The minimum atomic E-state index is -3.43. The van der Waals surface area contributed by atoms with Crippen LogP contribution in [-0.2, 0) is 9.84 Å². The Bertz CT molecular complexity index is 503. The third-order valence-electron chi connectivity index (χ3n) is 2.63. The molecule has 0 radical (unpaired) electrons. The summed E-state index contributed by atoms with van der Waals surface area (Å²) in [6.45, 7) is 4.63. The van der Waals surface area contributed by atoms with Gasteiger partial charge in [-0.1, -0.05) is 37.0 Å². The van der Waals surface area contributed by atoms with E-state index in [4.69, 9.17) is 23.2 Å². The molecule has 1 N–H and O–H groups in total. The lowest BCUT2D eigenvalue weighted by atomic mass is 10.2. The highest BCUT2D eigenvalue weighted by molar-refractivity contribution is 7.91. The minimum absolute atomic E-state index is 0.0252. The van der Waals surface area contributed by atoms with E-state index in [0.29, 0.717) is 5.02 Å². The van der Waals surface area contributed by atoms with E-state index in [1.807, 2.05) is 13.8 Å². The van der Waals surface area contributed by atoms with Crippen molar-refractivity contribution in [1.29, 1.82) is 0 Å². The molecular formula is C12H17Cl2NO2S. The Morgan fingerprint density at radius 3 is 2.50 bits per heavy atom. The Hall–Kier alpha value is -0.290. The predicted octanol–water partition coefficient (Wildman–Crippen LogP) is 3.16. The first-order chi connectivity index (χ1) is 8.40. The first-order valence-corrected chi connectivity index (χ1v) is 8.22. The first kappa shape index (κ1) is 15.8. The van der Waals surface area contributed by atoms with Crippen LogP contribution in [0.3, 0.4) is 0 Å². The predicted molar refractivity (Wildman–Crippen MR) is 76.3 cm³/mol. The summed E-state index contributed by atoms with van der Waals surface area (Å²) in [5.74, 6) is 0.0252. The standard InChI is InChI=1S/C12H17Cl2NO2S/c1-3-10(15-4-2)8-18(16,17)12-7-9(13)5-6-11(12)14/h5-7,10,15H,3-4,8H2,1-2H3. The molecule has 0 heterocycles. The van der Waals surface area contributed by atoms with E-state index in [-0.39, 0.29) is 21.7 Å². The van der Waals surface area contributed by atoms with E-state index in [2.05, 4.69) is 5.32 Å². The molecule has 0 bridgehead atoms. The van der Waals surface area contributed by atoms with Gasteiger partial charge in [-0.25, -0.2) is 8.42 Å². The lowest BCUT2D eigenvalue weighted by Gasteiger charge is -2.16. The maximum absolute atomic E-state index is 12.3. The summed E-state index contributed by atoms with van der Waals surface area (Å²) >= 11 is 11.7. The molecule has 0 amide bonds. The highest BCUT2D eigenvalue weighted by Crippen LogP contribution is 2.26. The van der Waals surface area contributed by atoms with Crippen LogP contribution in [0.15, 0.2) is 23.1 Å². The van der Waals surface area contributed by atoms with Crippen molar-refractivity contribution in [2.24, 2.45) is 0 Å². The second-order valence-electron chi connectivity index (χ2n) is 4.02. The highest BCUT2D eigenvalue weighted by atomic mass is 35.5. The summed E-state index contributed by atoms with van der Waals surface area (Å²) in [6.07, 6.45) is 0.741. The van der Waals surface area contributed by atoms with Crippen LogP contribution in [0.25, 0.3) is 0 Å². The molecule has 18 heavy (non-hydrogen) atoms. The van der Waals surface area contributed by atoms with E-state index in [9.17, 15) is 8.42 Å². The number of hydrogen-bond donors (Lipinski definition) is 1. The Morgan fingerprint density at radius 1 is 1.28 bits per heavy atom. The van der Waals surface area contributed by atoms with Crippen LogP contribution in [-0.4, -0.2) is 26.8 Å². The molecule has 1 aromatic rings. The van der Waals surface area contributed by atoms with Gasteiger partial charge in [0.1, 0.15) is 0 Å². The SMILES string of the molecule is CCNC(CC)CS(=O)(=O)c1cc(Cl)ccc1Cl. The van der Waals surface area contributed by atoms with Crippen molar-refractivity contribution in [3.63, 3.8) is 0 Å². The van der Waals surface area contributed by atoms with Gasteiger partial charge in [0, 0.05) is 11.1 Å². The molecule has 1 aromatic carbocycles. The summed E-state index contributed by atoms with van der Waals surface area (Å²) in [7, 11) is -3.43. The number of rotatable bonds is 6. The largest absolute Gasteiger partial charge is 0.313 e. The van der Waals surface area contributed by atoms with Gasteiger partial charge < -0.3 is 5.32 Å². The van der Waals surface area contributed by atoms with Crippen LogP contribution in [0.5, 0.6) is 0 Å². The maximum atomic E-state index is 12.3. The minimum Gasteiger partial charge on any atom is -0.313 e. The number of benzene rings is 1. The number of hydrogen-bond acceptors (Lipinski definition) is 3. The van der Waals surface area contributed by atoms with E-state index in [1.165, 1.54) is 12.1 Å². The van der Waals surface area contributed by atoms with Gasteiger partial charge >= 0.3 is 0 Å². The van der Waals surface area contributed by atoms with Crippen molar-refractivity contribution in [3.8, 4) is 0 Å². The average Bonchev–Trinajstić information content (AvgIpc) is 2.31. The zero-order valence-corrected chi connectivity index (χ0v) is 12.7. The molecule has 0 aromatic heterocycles. The summed E-state index contributed by atoms with van der Waals surface area (Å²) in [5.41, 5.74) is 0. The molecule has 1 rings (SSSR count). The van der Waals surface area contributed by atoms with Gasteiger partial charge in [0.25, 0.3) is 0 Å². The smallest absolute Gasteiger partial charge is 0.181 e. The summed E-state index contributed by atoms with van der Waals surface area (Å²) in [5, 5.41) is 3.72. The fourth-order valence-corrected chi connectivity index (χ4v) is 4.12.